The van der Waals surface area contributed by atoms with Crippen LogP contribution in [0.4, 0.5) is 0 Å². The number of aliphatic imine (C=N–C) groups is 1. The minimum absolute atomic E-state index is 0.333. The molecule has 0 spiro atoms. The number of carbonyl (C=O) groups is 1. The van der Waals surface area contributed by atoms with Gasteiger partial charge < -0.3 is 4.74 Å². The van der Waals surface area contributed by atoms with Gasteiger partial charge >= 0.3 is 5.97 Å². The first-order chi connectivity index (χ1) is 4.34. The second kappa shape index (κ2) is 2.44. The summed E-state index contributed by atoms with van der Waals surface area (Å²) in [6.07, 6.45) is 4.02. The highest BCUT2D eigenvalue weighted by Crippen LogP contribution is 2.00. The van der Waals surface area contributed by atoms with Crippen LogP contribution >= 0.6 is 0 Å². The third-order valence-electron chi connectivity index (χ3n) is 1.07. The van der Waals surface area contributed by atoms with Crippen LogP contribution in [-0.2, 0) is 9.53 Å². The molecule has 1 heterocycles. The molecule has 0 fully saturated rings. The first-order valence-electron chi connectivity index (χ1n) is 2.64. The summed E-state index contributed by atoms with van der Waals surface area (Å²) in [7, 11) is 1.35. The Hall–Kier alpha value is -1.12. The Morgan fingerprint density at radius 3 is 3.11 bits per heavy atom. The fraction of sp³-hybridized carbons (Fsp3) is 0.333. The molecule has 0 saturated carbocycles. The zero-order valence-corrected chi connectivity index (χ0v) is 5.13. The smallest absolute Gasteiger partial charge is 0.352 e. The number of ether oxygens (including phenoxy) is 1. The summed E-state index contributed by atoms with van der Waals surface area (Å²) < 4.78 is 4.42. The van der Waals surface area contributed by atoms with Crippen molar-refractivity contribution in [2.75, 3.05) is 7.11 Å². The number of nitrogens with zero attached hydrogens (tertiary/aromatic N) is 1. The summed E-state index contributed by atoms with van der Waals surface area (Å²) in [5.41, 5.74) is 0.484. The summed E-state index contributed by atoms with van der Waals surface area (Å²) in [5.74, 6) is -0.333. The molecule has 0 unspecified atom stereocenters. The summed E-state index contributed by atoms with van der Waals surface area (Å²) in [6.45, 7) is 0. The Morgan fingerprint density at radius 2 is 2.67 bits per heavy atom. The average molecular weight is 125 g/mol. The quantitative estimate of drug-likeness (QED) is 0.479. The molecule has 0 radical (unpaired) electrons. The number of carbonyl (C=O) groups excluding carboxylic acids is 1. The highest BCUT2D eigenvalue weighted by molar-refractivity contribution is 6.37. The SMILES string of the molecule is COC(=O)C1=NC=CC1. The number of methoxy groups -OCH3 is 1. The van der Waals surface area contributed by atoms with Gasteiger partial charge in [0.2, 0.25) is 0 Å². The first-order valence-corrected chi connectivity index (χ1v) is 2.64. The molecule has 1 aliphatic heterocycles. The van der Waals surface area contributed by atoms with Crippen LogP contribution in [0.5, 0.6) is 0 Å². The lowest BCUT2D eigenvalue weighted by molar-refractivity contribution is -0.132. The molecule has 1 rings (SSSR count). The van der Waals surface area contributed by atoms with Gasteiger partial charge in [0.05, 0.1) is 7.11 Å². The van der Waals surface area contributed by atoms with Gasteiger partial charge in [0, 0.05) is 12.6 Å². The van der Waals surface area contributed by atoms with Gasteiger partial charge in [-0.15, -0.1) is 0 Å². The van der Waals surface area contributed by atoms with Crippen molar-refractivity contribution in [2.45, 2.75) is 6.42 Å². The zero-order chi connectivity index (χ0) is 6.69. The van der Waals surface area contributed by atoms with E-state index in [1.54, 1.807) is 6.20 Å². The van der Waals surface area contributed by atoms with E-state index in [1.807, 2.05) is 6.08 Å². The van der Waals surface area contributed by atoms with Crippen molar-refractivity contribution >= 4 is 11.7 Å². The Morgan fingerprint density at radius 1 is 1.89 bits per heavy atom. The maximum absolute atomic E-state index is 10.6. The minimum Gasteiger partial charge on any atom is -0.465 e. The lowest BCUT2D eigenvalue weighted by Gasteiger charge is -1.93. The molecule has 0 aromatic heterocycles. The number of hydrogen-bond acceptors (Lipinski definition) is 3. The summed E-state index contributed by atoms with van der Waals surface area (Å²) >= 11 is 0. The van der Waals surface area contributed by atoms with E-state index in [-0.39, 0.29) is 5.97 Å². The maximum Gasteiger partial charge on any atom is 0.352 e. The van der Waals surface area contributed by atoms with Gasteiger partial charge in [0.25, 0.3) is 0 Å². The topological polar surface area (TPSA) is 38.7 Å². The largest absolute Gasteiger partial charge is 0.465 e. The maximum atomic E-state index is 10.6. The van der Waals surface area contributed by atoms with Crippen molar-refractivity contribution in [3.05, 3.63) is 12.3 Å². The van der Waals surface area contributed by atoms with Crippen molar-refractivity contribution in [1.82, 2.24) is 0 Å². The van der Waals surface area contributed by atoms with Crippen LogP contribution in [0, 0.1) is 0 Å². The van der Waals surface area contributed by atoms with Crippen molar-refractivity contribution in [1.29, 1.82) is 0 Å². The number of esters is 1. The summed E-state index contributed by atoms with van der Waals surface area (Å²) in [6, 6.07) is 0. The minimum atomic E-state index is -0.333. The second-order valence-electron chi connectivity index (χ2n) is 1.66. The molecule has 3 heteroatoms. The Kier molecular flexibility index (Phi) is 1.63. The van der Waals surface area contributed by atoms with Crippen LogP contribution in [-0.4, -0.2) is 18.8 Å². The van der Waals surface area contributed by atoms with Gasteiger partial charge in [0.15, 0.2) is 0 Å². The number of allylic oxidation sites excluding steroid dienone is 1. The molecule has 9 heavy (non-hydrogen) atoms. The van der Waals surface area contributed by atoms with Crippen LogP contribution in [0.15, 0.2) is 17.3 Å². The van der Waals surface area contributed by atoms with Gasteiger partial charge in [-0.05, 0) is 0 Å². The Balaban J connectivity index is 2.55. The van der Waals surface area contributed by atoms with Crippen LogP contribution in [0.1, 0.15) is 6.42 Å². The molecule has 0 aromatic carbocycles. The van der Waals surface area contributed by atoms with Gasteiger partial charge in [-0.1, -0.05) is 6.08 Å². The van der Waals surface area contributed by atoms with E-state index in [4.69, 9.17) is 0 Å². The molecular formula is C6H7NO2. The van der Waals surface area contributed by atoms with Crippen LogP contribution in [0.2, 0.25) is 0 Å². The molecule has 3 nitrogen and oxygen atoms in total. The van der Waals surface area contributed by atoms with E-state index in [2.05, 4.69) is 9.73 Å². The number of rotatable bonds is 1. The molecule has 0 N–H and O–H groups in total. The molecule has 0 aliphatic carbocycles. The zero-order valence-electron chi connectivity index (χ0n) is 5.13. The van der Waals surface area contributed by atoms with E-state index in [1.165, 1.54) is 7.11 Å². The third kappa shape index (κ3) is 1.16. The van der Waals surface area contributed by atoms with E-state index in [0.717, 1.165) is 0 Å². The molecule has 0 amide bonds. The second-order valence-corrected chi connectivity index (χ2v) is 1.66. The molecule has 0 atom stereocenters. The molecule has 0 aromatic rings. The molecule has 0 bridgehead atoms. The van der Waals surface area contributed by atoms with Crippen LogP contribution in [0.25, 0.3) is 0 Å². The summed E-state index contributed by atoms with van der Waals surface area (Å²) in [5, 5.41) is 0. The normalized spacial score (nSPS) is 15.4. The van der Waals surface area contributed by atoms with Crippen LogP contribution < -0.4 is 0 Å². The van der Waals surface area contributed by atoms with E-state index < -0.39 is 0 Å². The van der Waals surface area contributed by atoms with Gasteiger partial charge in [-0.2, -0.15) is 0 Å². The number of hydrogen-bond donors (Lipinski definition) is 0. The highest BCUT2D eigenvalue weighted by Gasteiger charge is 2.10. The average Bonchev–Trinajstić information content (AvgIpc) is 2.37. The summed E-state index contributed by atoms with van der Waals surface area (Å²) in [4.78, 5) is 14.4. The van der Waals surface area contributed by atoms with E-state index >= 15 is 0 Å². The standard InChI is InChI=1S/C6H7NO2/c1-9-6(8)5-3-2-4-7-5/h2,4H,3H2,1H3. The Bertz CT molecular complexity index is 181. The Labute approximate surface area is 53.0 Å². The molecule has 1 aliphatic rings. The van der Waals surface area contributed by atoms with E-state index in [0.29, 0.717) is 12.1 Å². The predicted molar refractivity (Wildman–Crippen MR) is 33.2 cm³/mol. The van der Waals surface area contributed by atoms with Crippen molar-refractivity contribution in [3.8, 4) is 0 Å². The molecule has 0 saturated heterocycles. The van der Waals surface area contributed by atoms with Gasteiger partial charge in [-0.3, -0.25) is 4.99 Å². The third-order valence-corrected chi connectivity index (χ3v) is 1.07. The van der Waals surface area contributed by atoms with Gasteiger partial charge in [0.1, 0.15) is 5.71 Å². The van der Waals surface area contributed by atoms with Crippen LogP contribution in [0.3, 0.4) is 0 Å². The fourth-order valence-corrected chi connectivity index (χ4v) is 0.614. The predicted octanol–water partition coefficient (Wildman–Crippen LogP) is 0.518. The molecular weight excluding hydrogens is 118 g/mol. The monoisotopic (exact) mass is 125 g/mol. The van der Waals surface area contributed by atoms with Gasteiger partial charge in [-0.25, -0.2) is 4.79 Å². The van der Waals surface area contributed by atoms with E-state index in [9.17, 15) is 4.79 Å². The lowest BCUT2D eigenvalue weighted by Crippen LogP contribution is -2.12. The highest BCUT2D eigenvalue weighted by atomic mass is 16.5. The van der Waals surface area contributed by atoms with Crippen molar-refractivity contribution in [2.24, 2.45) is 4.99 Å². The van der Waals surface area contributed by atoms with Crippen molar-refractivity contribution in [3.63, 3.8) is 0 Å². The van der Waals surface area contributed by atoms with Crippen molar-refractivity contribution < 1.29 is 9.53 Å². The lowest BCUT2D eigenvalue weighted by atomic mass is 10.3. The first kappa shape index (κ1) is 6.01. The fourth-order valence-electron chi connectivity index (χ4n) is 0.614. The molecule has 48 valence electrons.